The Morgan fingerprint density at radius 1 is 1.09 bits per heavy atom. The smallest absolute Gasteiger partial charge is 0.173 e. The Hall–Kier alpha value is -3.02. The minimum Gasteiger partial charge on any atom is -0.318 e. The summed E-state index contributed by atoms with van der Waals surface area (Å²) in [5.41, 5.74) is 4.45. The van der Waals surface area contributed by atoms with E-state index in [9.17, 15) is 0 Å². The summed E-state index contributed by atoms with van der Waals surface area (Å²) in [4.78, 5) is 8.87. The molecule has 22 heavy (non-hydrogen) atoms. The normalized spacial score (nSPS) is 11.1. The number of fused-ring (bicyclic) bond motifs is 1. The number of pyridine rings is 1. The third-order valence-corrected chi connectivity index (χ3v) is 3.58. The molecule has 0 unspecified atom stereocenters. The van der Waals surface area contributed by atoms with Crippen molar-refractivity contribution >= 4 is 11.0 Å². The summed E-state index contributed by atoms with van der Waals surface area (Å²) in [6.07, 6.45) is 3.62. The second-order valence-corrected chi connectivity index (χ2v) is 5.07. The van der Waals surface area contributed by atoms with E-state index < -0.39 is 0 Å². The summed E-state index contributed by atoms with van der Waals surface area (Å²) >= 11 is 0. The highest BCUT2D eigenvalue weighted by Crippen LogP contribution is 2.26. The molecule has 4 aromatic rings. The predicted molar refractivity (Wildman–Crippen MR) is 81.1 cm³/mol. The summed E-state index contributed by atoms with van der Waals surface area (Å²) in [6.45, 7) is 2.52. The quantitative estimate of drug-likeness (QED) is 0.580. The molecular formula is C16H13N5O. The lowest BCUT2D eigenvalue weighted by Crippen LogP contribution is -2.03. The molecule has 0 bridgehead atoms. The summed E-state index contributed by atoms with van der Waals surface area (Å²) in [6, 6.07) is 12.0. The standard InChI is InChI=1S/C16H13N5O/c1-11-15(20-22-19-11)16-18-13-6-2-3-7-14(13)21(16)10-12-5-4-8-17-9-12/h2-9H,10H2,1H3. The highest BCUT2D eigenvalue weighted by Gasteiger charge is 2.18. The summed E-state index contributed by atoms with van der Waals surface area (Å²) in [7, 11) is 0. The zero-order chi connectivity index (χ0) is 14.9. The van der Waals surface area contributed by atoms with E-state index in [1.807, 2.05) is 49.5 Å². The van der Waals surface area contributed by atoms with Crippen molar-refractivity contribution in [2.24, 2.45) is 0 Å². The Morgan fingerprint density at radius 2 is 2.00 bits per heavy atom. The number of benzene rings is 1. The molecule has 3 aromatic heterocycles. The number of nitrogens with zero attached hydrogens (tertiary/aromatic N) is 5. The average Bonchev–Trinajstić information content (AvgIpc) is 3.12. The van der Waals surface area contributed by atoms with Crippen LogP contribution in [0, 0.1) is 6.92 Å². The molecule has 0 radical (unpaired) electrons. The van der Waals surface area contributed by atoms with Gasteiger partial charge in [-0.3, -0.25) is 4.98 Å². The number of hydrogen-bond donors (Lipinski definition) is 0. The van der Waals surface area contributed by atoms with Crippen molar-refractivity contribution < 1.29 is 4.63 Å². The van der Waals surface area contributed by atoms with Gasteiger partial charge in [-0.25, -0.2) is 9.61 Å². The van der Waals surface area contributed by atoms with E-state index in [1.165, 1.54) is 0 Å². The highest BCUT2D eigenvalue weighted by atomic mass is 16.6. The van der Waals surface area contributed by atoms with Crippen LogP contribution in [0.4, 0.5) is 0 Å². The second kappa shape index (κ2) is 5.07. The first kappa shape index (κ1) is 12.7. The first-order valence-electron chi connectivity index (χ1n) is 6.96. The molecule has 0 amide bonds. The van der Waals surface area contributed by atoms with Gasteiger partial charge in [0.1, 0.15) is 5.69 Å². The van der Waals surface area contributed by atoms with E-state index in [4.69, 9.17) is 9.61 Å². The Balaban J connectivity index is 1.93. The first-order valence-corrected chi connectivity index (χ1v) is 6.96. The third-order valence-electron chi connectivity index (χ3n) is 3.58. The molecule has 3 heterocycles. The van der Waals surface area contributed by atoms with Crippen molar-refractivity contribution in [1.82, 2.24) is 24.8 Å². The summed E-state index contributed by atoms with van der Waals surface area (Å²) in [5, 5.41) is 7.86. The molecule has 1 aromatic carbocycles. The molecule has 4 rings (SSSR count). The van der Waals surface area contributed by atoms with Crippen LogP contribution in [-0.4, -0.2) is 24.8 Å². The first-order chi connectivity index (χ1) is 10.8. The molecule has 6 heteroatoms. The van der Waals surface area contributed by atoms with Gasteiger partial charge in [-0.1, -0.05) is 23.4 Å². The van der Waals surface area contributed by atoms with Crippen molar-refractivity contribution in [2.45, 2.75) is 13.5 Å². The minimum atomic E-state index is 0.663. The van der Waals surface area contributed by atoms with Gasteiger partial charge < -0.3 is 4.57 Å². The van der Waals surface area contributed by atoms with E-state index in [0.29, 0.717) is 12.2 Å². The van der Waals surface area contributed by atoms with Gasteiger partial charge in [-0.05, 0) is 35.8 Å². The number of para-hydroxylation sites is 2. The lowest BCUT2D eigenvalue weighted by atomic mass is 10.2. The van der Waals surface area contributed by atoms with Crippen LogP contribution in [0.15, 0.2) is 53.4 Å². The van der Waals surface area contributed by atoms with Crippen molar-refractivity contribution in [3.63, 3.8) is 0 Å². The van der Waals surface area contributed by atoms with Crippen molar-refractivity contribution in [3.05, 3.63) is 60.0 Å². The van der Waals surface area contributed by atoms with Gasteiger partial charge in [0.25, 0.3) is 0 Å². The fourth-order valence-electron chi connectivity index (χ4n) is 2.52. The Bertz CT molecular complexity index is 926. The summed E-state index contributed by atoms with van der Waals surface area (Å²) < 4.78 is 6.95. The van der Waals surface area contributed by atoms with E-state index in [1.54, 1.807) is 6.20 Å². The lowest BCUT2D eigenvalue weighted by Gasteiger charge is -2.07. The summed E-state index contributed by atoms with van der Waals surface area (Å²) in [5.74, 6) is 0.754. The molecule has 0 fully saturated rings. The van der Waals surface area contributed by atoms with Crippen LogP contribution < -0.4 is 0 Å². The van der Waals surface area contributed by atoms with Gasteiger partial charge in [0.15, 0.2) is 11.5 Å². The number of hydrogen-bond acceptors (Lipinski definition) is 5. The molecule has 0 saturated carbocycles. The Kier molecular flexibility index (Phi) is 2.93. The van der Waals surface area contributed by atoms with Crippen molar-refractivity contribution in [2.75, 3.05) is 0 Å². The van der Waals surface area contributed by atoms with Gasteiger partial charge in [-0.2, -0.15) is 0 Å². The number of imidazole rings is 1. The van der Waals surface area contributed by atoms with Crippen LogP contribution in [0.25, 0.3) is 22.6 Å². The lowest BCUT2D eigenvalue weighted by molar-refractivity contribution is 0.305. The molecule has 6 nitrogen and oxygen atoms in total. The molecule has 0 saturated heterocycles. The highest BCUT2D eigenvalue weighted by molar-refractivity contribution is 5.80. The zero-order valence-corrected chi connectivity index (χ0v) is 12.0. The van der Waals surface area contributed by atoms with Gasteiger partial charge in [0.2, 0.25) is 0 Å². The monoisotopic (exact) mass is 291 g/mol. The second-order valence-electron chi connectivity index (χ2n) is 5.07. The van der Waals surface area contributed by atoms with Gasteiger partial charge in [0.05, 0.1) is 17.6 Å². The van der Waals surface area contributed by atoms with E-state index in [-0.39, 0.29) is 0 Å². The molecular weight excluding hydrogens is 278 g/mol. The zero-order valence-electron chi connectivity index (χ0n) is 12.0. The van der Waals surface area contributed by atoms with E-state index >= 15 is 0 Å². The van der Waals surface area contributed by atoms with Gasteiger partial charge >= 0.3 is 0 Å². The van der Waals surface area contributed by atoms with Crippen LogP contribution in [0.2, 0.25) is 0 Å². The molecule has 0 aliphatic rings. The number of rotatable bonds is 3. The minimum absolute atomic E-state index is 0.663. The SMILES string of the molecule is Cc1nonc1-c1nc2ccccc2n1Cc1cccnc1. The Morgan fingerprint density at radius 3 is 2.77 bits per heavy atom. The number of aromatic nitrogens is 5. The van der Waals surface area contributed by atoms with E-state index in [0.717, 1.165) is 28.1 Å². The fraction of sp³-hybridized carbons (Fsp3) is 0.125. The molecule has 0 atom stereocenters. The largest absolute Gasteiger partial charge is 0.318 e. The maximum atomic E-state index is 4.84. The molecule has 0 aliphatic heterocycles. The van der Waals surface area contributed by atoms with Crippen molar-refractivity contribution in [3.8, 4) is 11.5 Å². The molecule has 0 N–H and O–H groups in total. The third kappa shape index (κ3) is 2.05. The van der Waals surface area contributed by atoms with Gasteiger partial charge in [-0.15, -0.1) is 0 Å². The molecule has 0 aliphatic carbocycles. The maximum absolute atomic E-state index is 4.84. The molecule has 0 spiro atoms. The van der Waals surface area contributed by atoms with Crippen LogP contribution in [-0.2, 0) is 6.54 Å². The van der Waals surface area contributed by atoms with Crippen LogP contribution >= 0.6 is 0 Å². The average molecular weight is 291 g/mol. The van der Waals surface area contributed by atoms with Gasteiger partial charge in [0, 0.05) is 12.4 Å². The van der Waals surface area contributed by atoms with Crippen LogP contribution in [0.3, 0.4) is 0 Å². The maximum Gasteiger partial charge on any atom is 0.173 e. The van der Waals surface area contributed by atoms with E-state index in [2.05, 4.69) is 19.9 Å². The Labute approximate surface area is 126 Å². The van der Waals surface area contributed by atoms with Crippen LogP contribution in [0.5, 0.6) is 0 Å². The van der Waals surface area contributed by atoms with Crippen molar-refractivity contribution in [1.29, 1.82) is 0 Å². The topological polar surface area (TPSA) is 69.6 Å². The molecule has 108 valence electrons. The number of aryl methyl sites for hydroxylation is 1. The van der Waals surface area contributed by atoms with Crippen LogP contribution in [0.1, 0.15) is 11.3 Å². The predicted octanol–water partition coefficient (Wildman–Crippen LogP) is 2.84. The fourth-order valence-corrected chi connectivity index (χ4v) is 2.52.